The molecule has 108 valence electrons. The Morgan fingerprint density at radius 2 is 2.05 bits per heavy atom. The van der Waals surface area contributed by atoms with E-state index in [1.807, 2.05) is 36.4 Å². The van der Waals surface area contributed by atoms with Gasteiger partial charge in [-0.3, -0.25) is 4.79 Å². The van der Waals surface area contributed by atoms with Crippen LogP contribution in [0.3, 0.4) is 0 Å². The first kappa shape index (κ1) is 16.1. The van der Waals surface area contributed by atoms with Crippen LogP contribution in [0.15, 0.2) is 63.0 Å². The molecule has 0 saturated carbocycles. The third kappa shape index (κ3) is 5.91. The van der Waals surface area contributed by atoms with Gasteiger partial charge in [-0.25, -0.2) is 5.43 Å². The average molecular weight is 384 g/mol. The van der Waals surface area contributed by atoms with Crippen LogP contribution in [0, 0.1) is 0 Å². The number of thioether (sulfide) groups is 1. The molecule has 0 fully saturated rings. The normalized spacial score (nSPS) is 10.8. The second-order valence-corrected chi connectivity index (χ2v) is 6.49. The van der Waals surface area contributed by atoms with Crippen molar-refractivity contribution in [2.24, 2.45) is 5.10 Å². The van der Waals surface area contributed by atoms with Gasteiger partial charge < -0.3 is 0 Å². The zero-order valence-electron chi connectivity index (χ0n) is 10.9. The molecule has 21 heavy (non-hydrogen) atoms. The summed E-state index contributed by atoms with van der Waals surface area (Å²) in [7, 11) is 0. The summed E-state index contributed by atoms with van der Waals surface area (Å²) >= 11 is 10.6. The van der Waals surface area contributed by atoms with Crippen LogP contribution >= 0.6 is 39.3 Å². The summed E-state index contributed by atoms with van der Waals surface area (Å²) < 4.78 is 0.969. The van der Waals surface area contributed by atoms with E-state index in [9.17, 15) is 4.79 Å². The van der Waals surface area contributed by atoms with E-state index in [1.54, 1.807) is 18.3 Å². The highest BCUT2D eigenvalue weighted by Gasteiger charge is 2.01. The van der Waals surface area contributed by atoms with Gasteiger partial charge in [-0.2, -0.15) is 5.10 Å². The van der Waals surface area contributed by atoms with Crippen LogP contribution in [0.5, 0.6) is 0 Å². The summed E-state index contributed by atoms with van der Waals surface area (Å²) in [4.78, 5) is 12.7. The topological polar surface area (TPSA) is 41.5 Å². The maximum Gasteiger partial charge on any atom is 0.250 e. The fourth-order valence-electron chi connectivity index (χ4n) is 1.48. The Morgan fingerprint density at radius 1 is 1.29 bits per heavy atom. The molecule has 1 N–H and O–H groups in total. The SMILES string of the molecule is O=C(CSc1ccc(Cl)cc1)N/N=C\c1cccc(Br)c1. The number of hydrogen-bond donors (Lipinski definition) is 1. The van der Waals surface area contributed by atoms with Crippen molar-refractivity contribution in [3.05, 3.63) is 63.6 Å². The Labute approximate surface area is 140 Å². The van der Waals surface area contributed by atoms with Crippen LogP contribution in [-0.2, 0) is 4.79 Å². The molecule has 2 aromatic carbocycles. The summed E-state index contributed by atoms with van der Waals surface area (Å²) in [6.45, 7) is 0. The second kappa shape index (κ2) is 8.22. The summed E-state index contributed by atoms with van der Waals surface area (Å²) in [5.74, 6) is 0.151. The van der Waals surface area contributed by atoms with Crippen molar-refractivity contribution < 1.29 is 4.79 Å². The number of amides is 1. The van der Waals surface area contributed by atoms with E-state index in [0.717, 1.165) is 14.9 Å². The van der Waals surface area contributed by atoms with Crippen molar-refractivity contribution >= 4 is 51.4 Å². The van der Waals surface area contributed by atoms with E-state index < -0.39 is 0 Å². The Morgan fingerprint density at radius 3 is 2.76 bits per heavy atom. The molecule has 0 heterocycles. The first-order valence-corrected chi connectivity index (χ1v) is 8.25. The number of carbonyl (C=O) groups excluding carboxylic acids is 1. The number of nitrogens with zero attached hydrogens (tertiary/aromatic N) is 1. The van der Waals surface area contributed by atoms with Crippen molar-refractivity contribution in [2.75, 3.05) is 5.75 Å². The number of nitrogens with one attached hydrogen (secondary N) is 1. The first-order chi connectivity index (χ1) is 10.1. The number of benzene rings is 2. The molecular weight excluding hydrogens is 372 g/mol. The molecule has 3 nitrogen and oxygen atoms in total. The van der Waals surface area contributed by atoms with E-state index in [4.69, 9.17) is 11.6 Å². The molecule has 0 atom stereocenters. The third-order valence-corrected chi connectivity index (χ3v) is 4.19. The quantitative estimate of drug-likeness (QED) is 0.474. The van der Waals surface area contributed by atoms with Gasteiger partial charge in [0.05, 0.1) is 12.0 Å². The fourth-order valence-corrected chi connectivity index (χ4v) is 2.71. The van der Waals surface area contributed by atoms with Crippen molar-refractivity contribution in [2.45, 2.75) is 4.90 Å². The lowest BCUT2D eigenvalue weighted by Crippen LogP contribution is -2.19. The lowest BCUT2D eigenvalue weighted by atomic mass is 10.2. The molecule has 0 aliphatic carbocycles. The van der Waals surface area contributed by atoms with Crippen LogP contribution in [-0.4, -0.2) is 17.9 Å². The molecule has 0 bridgehead atoms. The monoisotopic (exact) mass is 382 g/mol. The van der Waals surface area contributed by atoms with Gasteiger partial charge in [0.1, 0.15) is 0 Å². The molecule has 2 aromatic rings. The minimum absolute atomic E-state index is 0.152. The largest absolute Gasteiger partial charge is 0.272 e. The minimum Gasteiger partial charge on any atom is -0.272 e. The molecule has 0 aliphatic heterocycles. The van der Waals surface area contributed by atoms with E-state index in [2.05, 4.69) is 26.5 Å². The second-order valence-electron chi connectivity index (χ2n) is 4.09. The highest BCUT2D eigenvalue weighted by molar-refractivity contribution is 9.10. The van der Waals surface area contributed by atoms with Crippen LogP contribution in [0.4, 0.5) is 0 Å². The maximum absolute atomic E-state index is 11.7. The van der Waals surface area contributed by atoms with Gasteiger partial charge in [-0.1, -0.05) is 39.7 Å². The maximum atomic E-state index is 11.7. The lowest BCUT2D eigenvalue weighted by Gasteiger charge is -2.01. The number of carbonyl (C=O) groups is 1. The van der Waals surface area contributed by atoms with Gasteiger partial charge in [-0.05, 0) is 42.0 Å². The smallest absolute Gasteiger partial charge is 0.250 e. The molecule has 0 unspecified atom stereocenters. The Kier molecular flexibility index (Phi) is 6.29. The van der Waals surface area contributed by atoms with Crippen LogP contribution in [0.25, 0.3) is 0 Å². The summed E-state index contributed by atoms with van der Waals surface area (Å²) in [6, 6.07) is 15.0. The van der Waals surface area contributed by atoms with E-state index in [1.165, 1.54) is 11.8 Å². The highest BCUT2D eigenvalue weighted by Crippen LogP contribution is 2.19. The van der Waals surface area contributed by atoms with Gasteiger partial charge in [0, 0.05) is 14.4 Å². The third-order valence-electron chi connectivity index (χ3n) is 2.44. The van der Waals surface area contributed by atoms with Gasteiger partial charge in [0.25, 0.3) is 0 Å². The summed E-state index contributed by atoms with van der Waals surface area (Å²) in [5, 5.41) is 4.61. The minimum atomic E-state index is -0.152. The van der Waals surface area contributed by atoms with Crippen LogP contribution in [0.2, 0.25) is 5.02 Å². The molecule has 0 aromatic heterocycles. The zero-order valence-corrected chi connectivity index (χ0v) is 14.1. The van der Waals surface area contributed by atoms with E-state index in [0.29, 0.717) is 10.8 Å². The summed E-state index contributed by atoms with van der Waals surface area (Å²) in [6.07, 6.45) is 1.61. The number of hydrazone groups is 1. The molecule has 0 aliphatic rings. The highest BCUT2D eigenvalue weighted by atomic mass is 79.9. The lowest BCUT2D eigenvalue weighted by molar-refractivity contribution is -0.118. The van der Waals surface area contributed by atoms with E-state index >= 15 is 0 Å². The van der Waals surface area contributed by atoms with E-state index in [-0.39, 0.29) is 5.91 Å². The zero-order chi connectivity index (χ0) is 15.1. The summed E-state index contributed by atoms with van der Waals surface area (Å²) in [5.41, 5.74) is 3.41. The average Bonchev–Trinajstić information content (AvgIpc) is 2.47. The van der Waals surface area contributed by atoms with Gasteiger partial charge >= 0.3 is 0 Å². The van der Waals surface area contributed by atoms with Crippen LogP contribution in [0.1, 0.15) is 5.56 Å². The van der Waals surface area contributed by atoms with Gasteiger partial charge in [0.2, 0.25) is 5.91 Å². The molecule has 2 rings (SSSR count). The molecular formula is C15H12BrClN2OS. The van der Waals surface area contributed by atoms with Crippen molar-refractivity contribution in [1.82, 2.24) is 5.43 Å². The molecule has 1 amide bonds. The Bertz CT molecular complexity index is 646. The molecule has 6 heteroatoms. The predicted octanol–water partition coefficient (Wildman–Crippen LogP) is 4.34. The fraction of sp³-hybridized carbons (Fsp3) is 0.0667. The van der Waals surface area contributed by atoms with Crippen LogP contribution < -0.4 is 5.43 Å². The Hall–Kier alpha value is -1.30. The standard InChI is InChI=1S/C15H12BrClN2OS/c16-12-3-1-2-11(8-12)9-18-19-15(20)10-21-14-6-4-13(17)5-7-14/h1-9H,10H2,(H,19,20)/b18-9-. The van der Waals surface area contributed by atoms with Crippen molar-refractivity contribution in [1.29, 1.82) is 0 Å². The van der Waals surface area contributed by atoms with Crippen molar-refractivity contribution in [3.8, 4) is 0 Å². The number of hydrogen-bond acceptors (Lipinski definition) is 3. The van der Waals surface area contributed by atoms with Crippen molar-refractivity contribution in [3.63, 3.8) is 0 Å². The van der Waals surface area contributed by atoms with Gasteiger partial charge in [-0.15, -0.1) is 11.8 Å². The predicted molar refractivity (Wildman–Crippen MR) is 92.1 cm³/mol. The molecule has 0 radical (unpaired) electrons. The number of rotatable bonds is 5. The molecule has 0 saturated heterocycles. The first-order valence-electron chi connectivity index (χ1n) is 6.09. The van der Waals surface area contributed by atoms with Gasteiger partial charge in [0.15, 0.2) is 0 Å². The number of halogens is 2. The molecule has 0 spiro atoms. The Balaban J connectivity index is 1.78.